The first-order valence-electron chi connectivity index (χ1n) is 12.9. The number of carbonyl (C=O) groups is 2. The molecule has 2 heterocycles. The SMILES string of the molecule is O=C(NCCCN1CCCCCC1)c1cccc([C@H]2CCCN(C(=O)Nc3ccccc3)C2)c1. The topological polar surface area (TPSA) is 64.7 Å². The third kappa shape index (κ3) is 7.07. The molecule has 6 nitrogen and oxygen atoms in total. The molecule has 0 unspecified atom stereocenters. The highest BCUT2D eigenvalue weighted by Gasteiger charge is 2.25. The van der Waals surface area contributed by atoms with E-state index >= 15 is 0 Å². The lowest BCUT2D eigenvalue weighted by Gasteiger charge is -2.33. The van der Waals surface area contributed by atoms with Crippen molar-refractivity contribution < 1.29 is 9.59 Å². The lowest BCUT2D eigenvalue weighted by Crippen LogP contribution is -2.41. The minimum Gasteiger partial charge on any atom is -0.352 e. The van der Waals surface area contributed by atoms with Crippen LogP contribution in [0.5, 0.6) is 0 Å². The Morgan fingerprint density at radius 2 is 1.68 bits per heavy atom. The maximum absolute atomic E-state index is 12.8. The summed E-state index contributed by atoms with van der Waals surface area (Å²) < 4.78 is 0. The summed E-state index contributed by atoms with van der Waals surface area (Å²) >= 11 is 0. The van der Waals surface area contributed by atoms with Crippen LogP contribution in [0, 0.1) is 0 Å². The summed E-state index contributed by atoms with van der Waals surface area (Å²) in [5, 5.41) is 6.09. The summed E-state index contributed by atoms with van der Waals surface area (Å²) in [5.74, 6) is 0.235. The zero-order valence-electron chi connectivity index (χ0n) is 20.2. The number of hydrogen-bond acceptors (Lipinski definition) is 3. The van der Waals surface area contributed by atoms with Gasteiger partial charge in [0, 0.05) is 36.8 Å². The Hall–Kier alpha value is -2.86. The number of nitrogens with zero attached hydrogens (tertiary/aromatic N) is 2. The molecule has 2 saturated heterocycles. The highest BCUT2D eigenvalue weighted by Crippen LogP contribution is 2.28. The Labute approximate surface area is 203 Å². The van der Waals surface area contributed by atoms with Crippen molar-refractivity contribution in [3.63, 3.8) is 0 Å². The van der Waals surface area contributed by atoms with Gasteiger partial charge < -0.3 is 20.4 Å². The molecule has 0 spiro atoms. The number of carbonyl (C=O) groups excluding carboxylic acids is 2. The fourth-order valence-electron chi connectivity index (χ4n) is 5.06. The minimum atomic E-state index is -0.0609. The van der Waals surface area contributed by atoms with E-state index in [9.17, 15) is 9.59 Å². The van der Waals surface area contributed by atoms with Gasteiger partial charge in [0.15, 0.2) is 0 Å². The number of rotatable bonds is 7. The van der Waals surface area contributed by atoms with Crippen molar-refractivity contribution in [3.05, 3.63) is 65.7 Å². The van der Waals surface area contributed by atoms with E-state index in [4.69, 9.17) is 0 Å². The molecule has 182 valence electrons. The first-order chi connectivity index (χ1) is 16.7. The quantitative estimate of drug-likeness (QED) is 0.563. The van der Waals surface area contributed by atoms with Gasteiger partial charge in [0.1, 0.15) is 0 Å². The predicted molar refractivity (Wildman–Crippen MR) is 137 cm³/mol. The van der Waals surface area contributed by atoms with Crippen LogP contribution in [0.4, 0.5) is 10.5 Å². The molecule has 0 aromatic heterocycles. The second-order valence-corrected chi connectivity index (χ2v) is 9.57. The molecule has 3 amide bonds. The second-order valence-electron chi connectivity index (χ2n) is 9.57. The van der Waals surface area contributed by atoms with Crippen molar-refractivity contribution in [2.45, 2.75) is 50.9 Å². The average molecular weight is 463 g/mol. The number of nitrogens with one attached hydrogen (secondary N) is 2. The van der Waals surface area contributed by atoms with Crippen LogP contribution in [0.3, 0.4) is 0 Å². The maximum atomic E-state index is 12.8. The maximum Gasteiger partial charge on any atom is 0.321 e. The number of likely N-dealkylation sites (tertiary alicyclic amines) is 2. The van der Waals surface area contributed by atoms with Crippen molar-refractivity contribution in [3.8, 4) is 0 Å². The van der Waals surface area contributed by atoms with Crippen LogP contribution in [0.25, 0.3) is 0 Å². The number of para-hydroxylation sites is 1. The lowest BCUT2D eigenvalue weighted by molar-refractivity contribution is 0.0951. The van der Waals surface area contributed by atoms with Crippen molar-refractivity contribution >= 4 is 17.6 Å². The summed E-state index contributed by atoms with van der Waals surface area (Å²) in [5.41, 5.74) is 2.65. The van der Waals surface area contributed by atoms with E-state index in [1.165, 1.54) is 38.8 Å². The Morgan fingerprint density at radius 1 is 0.882 bits per heavy atom. The molecular formula is C28H38N4O2. The van der Waals surface area contributed by atoms with Crippen LogP contribution < -0.4 is 10.6 Å². The fourth-order valence-corrected chi connectivity index (χ4v) is 5.06. The number of anilines is 1. The summed E-state index contributed by atoms with van der Waals surface area (Å²) in [7, 11) is 0. The van der Waals surface area contributed by atoms with Gasteiger partial charge in [-0.25, -0.2) is 4.79 Å². The van der Waals surface area contributed by atoms with Gasteiger partial charge in [0.05, 0.1) is 0 Å². The van der Waals surface area contributed by atoms with Crippen molar-refractivity contribution in [1.29, 1.82) is 0 Å². The van der Waals surface area contributed by atoms with Crippen LogP contribution in [0.2, 0.25) is 0 Å². The Balaban J connectivity index is 1.27. The summed E-state index contributed by atoms with van der Waals surface area (Å²) in [6.45, 7) is 5.57. The normalized spacial score (nSPS) is 19.3. The number of benzene rings is 2. The van der Waals surface area contributed by atoms with E-state index in [1.807, 2.05) is 53.4 Å². The molecule has 0 saturated carbocycles. The van der Waals surface area contributed by atoms with Crippen molar-refractivity contribution in [2.75, 3.05) is 44.6 Å². The molecular weight excluding hydrogens is 424 g/mol. The monoisotopic (exact) mass is 462 g/mol. The van der Waals surface area contributed by atoms with Gasteiger partial charge in [-0.2, -0.15) is 0 Å². The Morgan fingerprint density at radius 3 is 2.47 bits per heavy atom. The third-order valence-electron chi connectivity index (χ3n) is 6.99. The smallest absolute Gasteiger partial charge is 0.321 e. The zero-order valence-corrected chi connectivity index (χ0v) is 20.2. The standard InChI is InChI=1S/C28H38N4O2/c33-27(29-16-10-19-31-17-6-1-2-7-18-31)24-12-8-11-23(21-24)25-13-9-20-32(22-25)28(34)30-26-14-4-3-5-15-26/h3-5,8,11-12,14-15,21,25H,1-2,6-7,9-10,13,16-20,22H2,(H,29,33)(H,30,34)/t25-/m0/s1. The van der Waals surface area contributed by atoms with Crippen LogP contribution >= 0.6 is 0 Å². The first kappa shape index (κ1) is 24.3. The largest absolute Gasteiger partial charge is 0.352 e. The average Bonchev–Trinajstić information content (AvgIpc) is 3.16. The van der Waals surface area contributed by atoms with Crippen LogP contribution in [-0.2, 0) is 0 Å². The lowest BCUT2D eigenvalue weighted by atomic mass is 9.89. The van der Waals surface area contributed by atoms with Crippen LogP contribution in [-0.4, -0.2) is 61.0 Å². The third-order valence-corrected chi connectivity index (χ3v) is 6.99. The number of hydrogen-bond donors (Lipinski definition) is 2. The highest BCUT2D eigenvalue weighted by atomic mass is 16.2. The molecule has 2 aromatic carbocycles. The summed E-state index contributed by atoms with van der Waals surface area (Å²) in [4.78, 5) is 29.9. The molecule has 4 rings (SSSR count). The predicted octanol–water partition coefficient (Wildman–Crippen LogP) is 5.09. The van der Waals surface area contributed by atoms with Gasteiger partial charge >= 0.3 is 6.03 Å². The summed E-state index contributed by atoms with van der Waals surface area (Å²) in [6, 6.07) is 17.4. The van der Waals surface area contributed by atoms with E-state index < -0.39 is 0 Å². The van der Waals surface area contributed by atoms with Gasteiger partial charge in [0.2, 0.25) is 0 Å². The molecule has 2 aliphatic rings. The second kappa shape index (κ2) is 12.6. The number of piperidine rings is 1. The first-order valence-corrected chi connectivity index (χ1v) is 12.9. The van der Waals surface area contributed by atoms with Gasteiger partial charge in [-0.15, -0.1) is 0 Å². The Bertz CT molecular complexity index is 925. The van der Waals surface area contributed by atoms with E-state index in [-0.39, 0.29) is 17.9 Å². The highest BCUT2D eigenvalue weighted by molar-refractivity contribution is 5.94. The van der Waals surface area contributed by atoms with E-state index in [1.54, 1.807) is 0 Å². The minimum absolute atomic E-state index is 0.00722. The molecule has 1 atom stereocenters. The van der Waals surface area contributed by atoms with E-state index in [0.717, 1.165) is 43.6 Å². The van der Waals surface area contributed by atoms with Crippen molar-refractivity contribution in [2.24, 2.45) is 0 Å². The Kier molecular flexibility index (Phi) is 8.97. The molecule has 0 radical (unpaired) electrons. The molecule has 0 bridgehead atoms. The zero-order chi connectivity index (χ0) is 23.6. The van der Waals surface area contributed by atoms with Gasteiger partial charge in [-0.05, 0) is 81.6 Å². The molecule has 6 heteroatoms. The van der Waals surface area contributed by atoms with E-state index in [2.05, 4.69) is 21.6 Å². The van der Waals surface area contributed by atoms with Gasteiger partial charge in [0.25, 0.3) is 5.91 Å². The van der Waals surface area contributed by atoms with Gasteiger partial charge in [-0.3, -0.25) is 4.79 Å². The van der Waals surface area contributed by atoms with E-state index in [0.29, 0.717) is 18.7 Å². The molecule has 2 aliphatic heterocycles. The fraction of sp³-hybridized carbons (Fsp3) is 0.500. The number of amides is 3. The number of urea groups is 1. The molecule has 0 aliphatic carbocycles. The molecule has 2 N–H and O–H groups in total. The molecule has 2 fully saturated rings. The molecule has 34 heavy (non-hydrogen) atoms. The van der Waals surface area contributed by atoms with Crippen molar-refractivity contribution in [1.82, 2.24) is 15.1 Å². The molecule has 2 aromatic rings. The van der Waals surface area contributed by atoms with Crippen LogP contribution in [0.1, 0.15) is 66.8 Å². The van der Waals surface area contributed by atoms with Crippen LogP contribution in [0.15, 0.2) is 54.6 Å². The van der Waals surface area contributed by atoms with Gasteiger partial charge in [-0.1, -0.05) is 43.2 Å². The summed E-state index contributed by atoms with van der Waals surface area (Å²) in [6.07, 6.45) is 8.26.